The summed E-state index contributed by atoms with van der Waals surface area (Å²) in [6.07, 6.45) is 4.54. The molecule has 31 heavy (non-hydrogen) atoms. The van der Waals surface area contributed by atoms with Gasteiger partial charge in [-0.2, -0.15) is 4.98 Å². The van der Waals surface area contributed by atoms with Crippen molar-refractivity contribution in [3.63, 3.8) is 0 Å². The van der Waals surface area contributed by atoms with Crippen molar-refractivity contribution in [2.75, 3.05) is 34.2 Å². The minimum atomic E-state index is -0.346. The van der Waals surface area contributed by atoms with Crippen molar-refractivity contribution in [2.45, 2.75) is 32.1 Å². The minimum absolute atomic E-state index is 0. The van der Waals surface area contributed by atoms with Crippen LogP contribution in [0.25, 0.3) is 11.4 Å². The van der Waals surface area contributed by atoms with Gasteiger partial charge >= 0.3 is 0 Å². The van der Waals surface area contributed by atoms with Gasteiger partial charge in [0, 0.05) is 51.2 Å². The van der Waals surface area contributed by atoms with Crippen LogP contribution in [0, 0.1) is 5.41 Å². The van der Waals surface area contributed by atoms with Crippen LogP contribution in [0.1, 0.15) is 31.6 Å². The van der Waals surface area contributed by atoms with Crippen molar-refractivity contribution in [3.05, 3.63) is 35.2 Å². The smallest absolute Gasteiger partial charge is 0.230 e. The lowest BCUT2D eigenvalue weighted by Crippen LogP contribution is -2.49. The van der Waals surface area contributed by atoms with Crippen molar-refractivity contribution in [3.8, 4) is 11.4 Å². The molecular weight excluding hydrogens is 531 g/mol. The van der Waals surface area contributed by atoms with Gasteiger partial charge in [0.1, 0.15) is 0 Å². The zero-order valence-corrected chi connectivity index (χ0v) is 21.2. The summed E-state index contributed by atoms with van der Waals surface area (Å²) in [5, 5.41) is 11.3. The first-order valence-corrected chi connectivity index (χ1v) is 10.6. The zero-order chi connectivity index (χ0) is 21.6. The van der Waals surface area contributed by atoms with Crippen molar-refractivity contribution < 1.29 is 9.32 Å². The van der Waals surface area contributed by atoms with E-state index in [1.165, 1.54) is 0 Å². The number of nitrogens with zero attached hydrogens (tertiary/aromatic N) is 4. The van der Waals surface area contributed by atoms with E-state index in [2.05, 4.69) is 25.8 Å². The Morgan fingerprint density at radius 1 is 1.23 bits per heavy atom. The standard InChI is InChI=1S/C21H29ClN6O2.HI/c1-23-20(25-14-21(11-4-5-12-21)19(29)28(2)3)24-13-10-17-26-18(27-30-17)15-6-8-16(22)9-7-15;/h6-9H,4-5,10-14H2,1-3H3,(H2,23,24,25);1H. The molecule has 1 saturated carbocycles. The molecule has 1 heterocycles. The number of hydrogen-bond acceptors (Lipinski definition) is 5. The fourth-order valence-electron chi connectivity index (χ4n) is 3.83. The maximum atomic E-state index is 12.7. The van der Waals surface area contributed by atoms with E-state index in [9.17, 15) is 4.79 Å². The molecule has 1 aliphatic carbocycles. The highest BCUT2D eigenvalue weighted by atomic mass is 127. The van der Waals surface area contributed by atoms with Crippen LogP contribution in [0.15, 0.2) is 33.8 Å². The number of carbonyl (C=O) groups excluding carboxylic acids is 1. The average molecular weight is 561 g/mol. The second kappa shape index (κ2) is 11.7. The first kappa shape index (κ1) is 25.4. The third-order valence-electron chi connectivity index (χ3n) is 5.44. The van der Waals surface area contributed by atoms with Gasteiger partial charge in [0.2, 0.25) is 17.6 Å². The van der Waals surface area contributed by atoms with Gasteiger partial charge in [-0.05, 0) is 37.1 Å². The predicted molar refractivity (Wildman–Crippen MR) is 133 cm³/mol. The van der Waals surface area contributed by atoms with Crippen LogP contribution in [-0.2, 0) is 11.2 Å². The van der Waals surface area contributed by atoms with Crippen molar-refractivity contribution >= 4 is 47.4 Å². The summed E-state index contributed by atoms with van der Waals surface area (Å²) in [5.74, 6) is 1.92. The SMILES string of the molecule is CN=C(NCCc1nc(-c2ccc(Cl)cc2)no1)NCC1(C(=O)N(C)C)CCCC1.I. The van der Waals surface area contributed by atoms with Gasteiger partial charge in [0.25, 0.3) is 0 Å². The van der Waals surface area contributed by atoms with E-state index in [0.717, 1.165) is 31.2 Å². The first-order chi connectivity index (χ1) is 14.4. The molecule has 3 rings (SSSR count). The number of nitrogens with one attached hydrogen (secondary N) is 2. The van der Waals surface area contributed by atoms with Crippen LogP contribution in [0.2, 0.25) is 5.02 Å². The van der Waals surface area contributed by atoms with Gasteiger partial charge in [-0.15, -0.1) is 24.0 Å². The number of hydrogen-bond donors (Lipinski definition) is 2. The lowest BCUT2D eigenvalue weighted by atomic mass is 9.84. The van der Waals surface area contributed by atoms with E-state index >= 15 is 0 Å². The molecule has 0 bridgehead atoms. The van der Waals surface area contributed by atoms with Gasteiger partial charge in [-0.25, -0.2) is 0 Å². The van der Waals surface area contributed by atoms with E-state index in [1.807, 2.05) is 26.2 Å². The third-order valence-corrected chi connectivity index (χ3v) is 5.69. The molecule has 0 unspecified atom stereocenters. The number of guanidine groups is 1. The van der Waals surface area contributed by atoms with Gasteiger partial charge in [0.15, 0.2) is 5.96 Å². The summed E-state index contributed by atoms with van der Waals surface area (Å²) >= 11 is 5.91. The third kappa shape index (κ3) is 6.55. The van der Waals surface area contributed by atoms with Gasteiger partial charge < -0.3 is 20.1 Å². The molecule has 0 spiro atoms. The molecule has 1 aromatic heterocycles. The van der Waals surface area contributed by atoms with E-state index < -0.39 is 0 Å². The highest BCUT2D eigenvalue weighted by molar-refractivity contribution is 14.0. The molecule has 0 saturated heterocycles. The number of halogens is 2. The van der Waals surface area contributed by atoms with Crippen LogP contribution in [0.4, 0.5) is 0 Å². The number of carbonyl (C=O) groups is 1. The van der Waals surface area contributed by atoms with E-state index in [-0.39, 0.29) is 35.3 Å². The molecule has 0 radical (unpaired) electrons. The van der Waals surface area contributed by atoms with Crippen molar-refractivity contribution in [1.29, 1.82) is 0 Å². The Morgan fingerprint density at radius 3 is 2.52 bits per heavy atom. The molecule has 1 aliphatic rings. The maximum absolute atomic E-state index is 12.7. The monoisotopic (exact) mass is 560 g/mol. The van der Waals surface area contributed by atoms with Crippen molar-refractivity contribution in [1.82, 2.24) is 25.7 Å². The lowest BCUT2D eigenvalue weighted by molar-refractivity contribution is -0.138. The van der Waals surface area contributed by atoms with E-state index in [0.29, 0.717) is 42.2 Å². The average Bonchev–Trinajstić information content (AvgIpc) is 3.41. The quantitative estimate of drug-likeness (QED) is 0.306. The van der Waals surface area contributed by atoms with Crippen LogP contribution in [0.5, 0.6) is 0 Å². The summed E-state index contributed by atoms with van der Waals surface area (Å²) in [5.41, 5.74) is 0.508. The zero-order valence-electron chi connectivity index (χ0n) is 18.2. The van der Waals surface area contributed by atoms with Gasteiger partial charge in [0.05, 0.1) is 5.41 Å². The molecule has 8 nitrogen and oxygen atoms in total. The van der Waals surface area contributed by atoms with Gasteiger partial charge in [-0.3, -0.25) is 9.79 Å². The summed E-state index contributed by atoms with van der Waals surface area (Å²) in [4.78, 5) is 23.1. The highest BCUT2D eigenvalue weighted by Crippen LogP contribution is 2.38. The fourth-order valence-corrected chi connectivity index (χ4v) is 3.95. The number of benzene rings is 1. The summed E-state index contributed by atoms with van der Waals surface area (Å²) in [7, 11) is 5.35. The summed E-state index contributed by atoms with van der Waals surface area (Å²) in [6, 6.07) is 7.30. The second-order valence-corrected chi connectivity index (χ2v) is 8.24. The predicted octanol–water partition coefficient (Wildman–Crippen LogP) is 3.36. The molecule has 10 heteroatoms. The van der Waals surface area contributed by atoms with E-state index in [1.54, 1.807) is 24.1 Å². The Kier molecular flexibility index (Phi) is 9.54. The number of aliphatic imine (C=N–C) groups is 1. The normalized spacial score (nSPS) is 15.3. The number of rotatable bonds is 7. The molecule has 0 atom stereocenters. The van der Waals surface area contributed by atoms with Crippen LogP contribution < -0.4 is 10.6 Å². The molecule has 0 aliphatic heterocycles. The van der Waals surface area contributed by atoms with E-state index in [4.69, 9.17) is 16.1 Å². The lowest BCUT2D eigenvalue weighted by Gasteiger charge is -2.31. The Bertz CT molecular complexity index is 878. The number of aromatic nitrogens is 2. The molecule has 2 N–H and O–H groups in total. The Balaban J connectivity index is 0.00000341. The molecule has 2 aromatic rings. The van der Waals surface area contributed by atoms with Crippen LogP contribution in [-0.4, -0.2) is 61.1 Å². The van der Waals surface area contributed by atoms with Crippen LogP contribution >= 0.6 is 35.6 Å². The second-order valence-electron chi connectivity index (χ2n) is 7.81. The largest absolute Gasteiger partial charge is 0.356 e. The van der Waals surface area contributed by atoms with Crippen molar-refractivity contribution in [2.24, 2.45) is 10.4 Å². The Morgan fingerprint density at radius 2 is 1.90 bits per heavy atom. The first-order valence-electron chi connectivity index (χ1n) is 10.2. The van der Waals surface area contributed by atoms with Crippen LogP contribution in [0.3, 0.4) is 0 Å². The molecule has 170 valence electrons. The summed E-state index contributed by atoms with van der Waals surface area (Å²) in [6.45, 7) is 1.15. The molecule has 1 aromatic carbocycles. The number of amides is 1. The molecule has 1 fully saturated rings. The summed E-state index contributed by atoms with van der Waals surface area (Å²) < 4.78 is 5.34. The Labute approximate surface area is 205 Å². The fraction of sp³-hybridized carbons (Fsp3) is 0.524. The molecule has 1 amide bonds. The van der Waals surface area contributed by atoms with Gasteiger partial charge in [-0.1, -0.05) is 29.6 Å². The molecular formula is C21H30ClIN6O2. The minimum Gasteiger partial charge on any atom is -0.356 e. The topological polar surface area (TPSA) is 95.6 Å². The highest BCUT2D eigenvalue weighted by Gasteiger charge is 2.42. The Hall–Kier alpha value is -1.88. The maximum Gasteiger partial charge on any atom is 0.230 e.